The molecule has 0 radical (unpaired) electrons. The second kappa shape index (κ2) is 10.6. The number of nitriles is 2. The standard InChI is InChI=1S/C24H19N3O3S/c1-29-23-12-17(11-20(14-26)24(28)27-15-21-7-4-10-31-21)8-9-22(23)30-16-19-6-3-2-5-18(19)13-25/h2-12H,15-16H2,1H3,(H,27,28)/b20-11+. The highest BCUT2D eigenvalue weighted by atomic mass is 32.1. The average molecular weight is 430 g/mol. The normalized spacial score (nSPS) is 10.6. The Morgan fingerprint density at radius 2 is 1.97 bits per heavy atom. The van der Waals surface area contributed by atoms with E-state index in [0.29, 0.717) is 29.2 Å². The molecule has 0 saturated heterocycles. The van der Waals surface area contributed by atoms with Gasteiger partial charge in [0.25, 0.3) is 5.91 Å². The van der Waals surface area contributed by atoms with Crippen molar-refractivity contribution >= 4 is 23.3 Å². The van der Waals surface area contributed by atoms with Crippen LogP contribution in [0.3, 0.4) is 0 Å². The summed E-state index contributed by atoms with van der Waals surface area (Å²) in [7, 11) is 1.51. The molecule has 154 valence electrons. The summed E-state index contributed by atoms with van der Waals surface area (Å²) in [5, 5.41) is 23.3. The number of amides is 1. The highest BCUT2D eigenvalue weighted by Gasteiger charge is 2.11. The molecule has 0 aliphatic heterocycles. The van der Waals surface area contributed by atoms with Crippen molar-refractivity contribution < 1.29 is 14.3 Å². The summed E-state index contributed by atoms with van der Waals surface area (Å²) < 4.78 is 11.2. The number of thiophene rings is 1. The van der Waals surface area contributed by atoms with Crippen LogP contribution in [0.15, 0.2) is 65.6 Å². The van der Waals surface area contributed by atoms with Crippen molar-refractivity contribution in [3.63, 3.8) is 0 Å². The van der Waals surface area contributed by atoms with E-state index in [1.165, 1.54) is 24.5 Å². The van der Waals surface area contributed by atoms with E-state index in [9.17, 15) is 15.3 Å². The first-order valence-corrected chi connectivity index (χ1v) is 10.2. The Hall–Kier alpha value is -4.07. The summed E-state index contributed by atoms with van der Waals surface area (Å²) in [4.78, 5) is 13.3. The van der Waals surface area contributed by atoms with Crippen molar-refractivity contribution in [2.45, 2.75) is 13.2 Å². The zero-order valence-corrected chi connectivity index (χ0v) is 17.6. The lowest BCUT2D eigenvalue weighted by molar-refractivity contribution is -0.117. The smallest absolute Gasteiger partial charge is 0.262 e. The lowest BCUT2D eigenvalue weighted by Crippen LogP contribution is -2.23. The highest BCUT2D eigenvalue weighted by Crippen LogP contribution is 2.30. The molecule has 1 heterocycles. The van der Waals surface area contributed by atoms with Crippen LogP contribution in [0.5, 0.6) is 11.5 Å². The molecule has 31 heavy (non-hydrogen) atoms. The molecular weight excluding hydrogens is 410 g/mol. The van der Waals surface area contributed by atoms with Crippen molar-refractivity contribution in [3.05, 3.63) is 87.1 Å². The third kappa shape index (κ3) is 5.72. The van der Waals surface area contributed by atoms with Gasteiger partial charge in [0.05, 0.1) is 25.3 Å². The fraction of sp³-hybridized carbons (Fsp3) is 0.125. The maximum absolute atomic E-state index is 12.3. The first-order chi connectivity index (χ1) is 15.1. The Morgan fingerprint density at radius 1 is 1.13 bits per heavy atom. The minimum absolute atomic E-state index is 0.00442. The van der Waals surface area contributed by atoms with Gasteiger partial charge in [-0.3, -0.25) is 4.79 Å². The van der Waals surface area contributed by atoms with E-state index in [1.807, 2.05) is 35.7 Å². The number of benzene rings is 2. The van der Waals surface area contributed by atoms with Crippen molar-refractivity contribution in [1.82, 2.24) is 5.32 Å². The predicted molar refractivity (Wildman–Crippen MR) is 118 cm³/mol. The first-order valence-electron chi connectivity index (χ1n) is 9.36. The molecule has 0 atom stereocenters. The van der Waals surface area contributed by atoms with Gasteiger partial charge in [0.1, 0.15) is 18.2 Å². The summed E-state index contributed by atoms with van der Waals surface area (Å²) in [6, 6.07) is 20.2. The van der Waals surface area contributed by atoms with Crippen molar-refractivity contribution in [1.29, 1.82) is 10.5 Å². The predicted octanol–water partition coefficient (Wildman–Crippen LogP) is 4.43. The highest BCUT2D eigenvalue weighted by molar-refractivity contribution is 7.09. The number of nitrogens with one attached hydrogen (secondary N) is 1. The van der Waals surface area contributed by atoms with Crippen LogP contribution in [0.4, 0.5) is 0 Å². The van der Waals surface area contributed by atoms with Gasteiger partial charge in [-0.1, -0.05) is 30.3 Å². The van der Waals surface area contributed by atoms with Crippen molar-refractivity contribution in [3.8, 4) is 23.6 Å². The van der Waals surface area contributed by atoms with E-state index < -0.39 is 5.91 Å². The number of ether oxygens (including phenoxy) is 2. The zero-order valence-electron chi connectivity index (χ0n) is 16.8. The molecule has 3 aromatic rings. The molecule has 1 aromatic heterocycles. The molecule has 3 rings (SSSR count). The molecule has 0 aliphatic carbocycles. The van der Waals surface area contributed by atoms with Gasteiger partial charge in [-0.25, -0.2) is 0 Å². The van der Waals surface area contributed by atoms with Crippen LogP contribution >= 0.6 is 11.3 Å². The van der Waals surface area contributed by atoms with E-state index >= 15 is 0 Å². The molecular formula is C24H19N3O3S. The van der Waals surface area contributed by atoms with Gasteiger partial charge < -0.3 is 14.8 Å². The maximum Gasteiger partial charge on any atom is 0.262 e. The van der Waals surface area contributed by atoms with E-state index in [1.54, 1.807) is 30.3 Å². The van der Waals surface area contributed by atoms with Crippen molar-refractivity contribution in [2.75, 3.05) is 7.11 Å². The lowest BCUT2D eigenvalue weighted by atomic mass is 10.1. The second-order valence-electron chi connectivity index (χ2n) is 6.40. The molecule has 2 aromatic carbocycles. The summed E-state index contributed by atoms with van der Waals surface area (Å²) in [6.45, 7) is 0.583. The Bertz CT molecular complexity index is 1170. The largest absolute Gasteiger partial charge is 0.493 e. The number of carbonyl (C=O) groups excluding carboxylic acids is 1. The second-order valence-corrected chi connectivity index (χ2v) is 7.43. The Kier molecular flexibility index (Phi) is 7.42. The van der Waals surface area contributed by atoms with E-state index in [-0.39, 0.29) is 12.2 Å². The molecule has 6 nitrogen and oxygen atoms in total. The fourth-order valence-electron chi connectivity index (χ4n) is 2.79. The van der Waals surface area contributed by atoms with Gasteiger partial charge in [0, 0.05) is 10.4 Å². The van der Waals surface area contributed by atoms with Crippen LogP contribution in [-0.4, -0.2) is 13.0 Å². The van der Waals surface area contributed by atoms with E-state index in [0.717, 1.165) is 10.4 Å². The molecule has 0 spiro atoms. The molecule has 0 saturated carbocycles. The van der Waals surface area contributed by atoms with Gasteiger partial charge in [0.2, 0.25) is 0 Å². The molecule has 0 aliphatic rings. The topological polar surface area (TPSA) is 95.1 Å². The van der Waals surface area contributed by atoms with Gasteiger partial charge in [0.15, 0.2) is 11.5 Å². The van der Waals surface area contributed by atoms with Gasteiger partial charge in [-0.2, -0.15) is 10.5 Å². The van der Waals surface area contributed by atoms with Crippen LogP contribution in [0, 0.1) is 22.7 Å². The van der Waals surface area contributed by atoms with Gasteiger partial charge in [-0.05, 0) is 41.3 Å². The van der Waals surface area contributed by atoms with Crippen LogP contribution in [0.25, 0.3) is 6.08 Å². The molecule has 0 fully saturated rings. The zero-order chi connectivity index (χ0) is 22.1. The maximum atomic E-state index is 12.3. The van der Waals surface area contributed by atoms with Gasteiger partial charge >= 0.3 is 0 Å². The van der Waals surface area contributed by atoms with Crippen LogP contribution in [0.1, 0.15) is 21.6 Å². The molecule has 0 bridgehead atoms. The third-order valence-corrected chi connectivity index (χ3v) is 5.26. The molecule has 1 N–H and O–H groups in total. The van der Waals surface area contributed by atoms with Crippen LogP contribution in [0.2, 0.25) is 0 Å². The summed E-state index contributed by atoms with van der Waals surface area (Å²) in [5.41, 5.74) is 1.94. The number of methoxy groups -OCH3 is 1. The summed E-state index contributed by atoms with van der Waals surface area (Å²) in [5.74, 6) is 0.510. The number of hydrogen-bond acceptors (Lipinski definition) is 6. The molecule has 0 unspecified atom stereocenters. The number of carbonyl (C=O) groups is 1. The van der Waals surface area contributed by atoms with E-state index in [2.05, 4.69) is 11.4 Å². The first kappa shape index (κ1) is 21.6. The minimum atomic E-state index is -0.441. The Morgan fingerprint density at radius 3 is 2.68 bits per heavy atom. The van der Waals surface area contributed by atoms with Crippen LogP contribution < -0.4 is 14.8 Å². The Balaban J connectivity index is 1.72. The summed E-state index contributed by atoms with van der Waals surface area (Å²) in [6.07, 6.45) is 1.50. The van der Waals surface area contributed by atoms with E-state index in [4.69, 9.17) is 9.47 Å². The Labute approximate surface area is 184 Å². The quantitative estimate of drug-likeness (QED) is 0.422. The van der Waals surface area contributed by atoms with Crippen LogP contribution in [-0.2, 0) is 17.9 Å². The van der Waals surface area contributed by atoms with Gasteiger partial charge in [-0.15, -0.1) is 11.3 Å². The monoisotopic (exact) mass is 429 g/mol. The SMILES string of the molecule is COc1cc(/C=C(\C#N)C(=O)NCc2cccs2)ccc1OCc1ccccc1C#N. The average Bonchev–Trinajstić information content (AvgIpc) is 3.33. The minimum Gasteiger partial charge on any atom is -0.493 e. The summed E-state index contributed by atoms with van der Waals surface area (Å²) >= 11 is 1.53. The fourth-order valence-corrected chi connectivity index (χ4v) is 3.44. The molecule has 7 heteroatoms. The molecule has 1 amide bonds. The number of hydrogen-bond donors (Lipinski definition) is 1. The number of nitrogens with zero attached hydrogens (tertiary/aromatic N) is 2. The number of rotatable bonds is 8. The third-order valence-electron chi connectivity index (χ3n) is 4.39. The lowest BCUT2D eigenvalue weighted by Gasteiger charge is -2.12. The van der Waals surface area contributed by atoms with Crippen molar-refractivity contribution in [2.24, 2.45) is 0 Å².